The SMILES string of the molecule is CC(=O)N(C(=O)CCCCCc1ccccc1)N1C(=O)CC1SCc1ccccc1. The number of hydrogen-bond acceptors (Lipinski definition) is 4. The van der Waals surface area contributed by atoms with Crippen LogP contribution in [0.3, 0.4) is 0 Å². The van der Waals surface area contributed by atoms with Crippen molar-refractivity contribution in [2.24, 2.45) is 0 Å². The molecule has 1 aliphatic heterocycles. The summed E-state index contributed by atoms with van der Waals surface area (Å²) in [4.78, 5) is 37.1. The van der Waals surface area contributed by atoms with Crippen LogP contribution in [0.25, 0.3) is 0 Å². The smallest absolute Gasteiger partial charge is 0.248 e. The van der Waals surface area contributed by atoms with E-state index in [0.29, 0.717) is 12.8 Å². The Morgan fingerprint density at radius 2 is 1.60 bits per heavy atom. The predicted octanol–water partition coefficient (Wildman–Crippen LogP) is 4.57. The van der Waals surface area contributed by atoms with Gasteiger partial charge in [-0.15, -0.1) is 11.8 Å². The Balaban J connectivity index is 1.47. The first kappa shape index (κ1) is 22.1. The number of β-lactam (4-membered cyclic amide) rings is 1. The number of thioether (sulfide) groups is 1. The van der Waals surface area contributed by atoms with Crippen LogP contribution in [0.5, 0.6) is 0 Å². The minimum absolute atomic E-state index is 0.173. The quantitative estimate of drug-likeness (QED) is 0.414. The van der Waals surface area contributed by atoms with Crippen LogP contribution in [0.2, 0.25) is 0 Å². The molecule has 1 saturated heterocycles. The fourth-order valence-electron chi connectivity index (χ4n) is 3.49. The fourth-order valence-corrected chi connectivity index (χ4v) is 4.69. The number of nitrogens with zero attached hydrogens (tertiary/aromatic N) is 2. The number of aryl methyl sites for hydroxylation is 1. The van der Waals surface area contributed by atoms with E-state index in [0.717, 1.165) is 35.6 Å². The van der Waals surface area contributed by atoms with Crippen LogP contribution in [0, 0.1) is 0 Å². The van der Waals surface area contributed by atoms with Crippen LogP contribution in [-0.2, 0) is 26.6 Å². The van der Waals surface area contributed by atoms with Crippen molar-refractivity contribution in [3.8, 4) is 0 Å². The van der Waals surface area contributed by atoms with Gasteiger partial charge in [-0.3, -0.25) is 14.4 Å². The van der Waals surface area contributed by atoms with Crippen molar-refractivity contribution in [2.45, 2.75) is 56.6 Å². The highest BCUT2D eigenvalue weighted by Gasteiger charge is 2.44. The van der Waals surface area contributed by atoms with Gasteiger partial charge in [0.1, 0.15) is 5.37 Å². The molecule has 1 heterocycles. The number of benzene rings is 2. The summed E-state index contributed by atoms with van der Waals surface area (Å²) >= 11 is 1.58. The van der Waals surface area contributed by atoms with Crippen LogP contribution < -0.4 is 0 Å². The van der Waals surface area contributed by atoms with Gasteiger partial charge < -0.3 is 0 Å². The van der Waals surface area contributed by atoms with Gasteiger partial charge in [0.05, 0.1) is 6.42 Å². The van der Waals surface area contributed by atoms with E-state index < -0.39 is 5.91 Å². The molecule has 3 rings (SSSR count). The molecule has 1 unspecified atom stereocenters. The number of imide groups is 1. The number of unbranched alkanes of at least 4 members (excludes halogenated alkanes) is 2. The molecule has 0 radical (unpaired) electrons. The molecular formula is C24H28N2O3S. The monoisotopic (exact) mass is 424 g/mol. The average Bonchev–Trinajstić information content (AvgIpc) is 2.75. The number of carbonyl (C=O) groups is 3. The lowest BCUT2D eigenvalue weighted by Crippen LogP contribution is -2.62. The summed E-state index contributed by atoms with van der Waals surface area (Å²) in [5.74, 6) is -0.134. The maximum atomic E-state index is 12.7. The molecule has 2 aromatic rings. The second-order valence-corrected chi connectivity index (χ2v) is 8.63. The van der Waals surface area contributed by atoms with Gasteiger partial charge in [0.2, 0.25) is 17.7 Å². The van der Waals surface area contributed by atoms with Crippen LogP contribution in [0.1, 0.15) is 50.2 Å². The Labute approximate surface area is 182 Å². The lowest BCUT2D eigenvalue weighted by atomic mass is 10.1. The van der Waals surface area contributed by atoms with Gasteiger partial charge in [-0.05, 0) is 30.4 Å². The molecular weight excluding hydrogens is 396 g/mol. The topological polar surface area (TPSA) is 57.7 Å². The Morgan fingerprint density at radius 3 is 2.20 bits per heavy atom. The van der Waals surface area contributed by atoms with Crippen LogP contribution in [0.4, 0.5) is 0 Å². The normalized spacial score (nSPS) is 15.6. The third-order valence-corrected chi connectivity index (χ3v) is 6.36. The largest absolute Gasteiger partial charge is 0.273 e. The van der Waals surface area contributed by atoms with Gasteiger partial charge in [0, 0.05) is 19.1 Å². The lowest BCUT2D eigenvalue weighted by Gasteiger charge is -2.44. The van der Waals surface area contributed by atoms with E-state index in [1.54, 1.807) is 11.8 Å². The molecule has 30 heavy (non-hydrogen) atoms. The molecule has 5 nitrogen and oxygen atoms in total. The lowest BCUT2D eigenvalue weighted by molar-refractivity contribution is -0.184. The van der Waals surface area contributed by atoms with Gasteiger partial charge >= 0.3 is 0 Å². The summed E-state index contributed by atoms with van der Waals surface area (Å²) in [5, 5.41) is 2.23. The summed E-state index contributed by atoms with van der Waals surface area (Å²) in [6.07, 6.45) is 4.22. The van der Waals surface area contributed by atoms with E-state index in [1.807, 2.05) is 48.5 Å². The summed E-state index contributed by atoms with van der Waals surface area (Å²) < 4.78 is 0. The molecule has 0 saturated carbocycles. The van der Waals surface area contributed by atoms with E-state index in [-0.39, 0.29) is 23.6 Å². The first-order valence-corrected chi connectivity index (χ1v) is 11.5. The second kappa shape index (κ2) is 11.0. The Bertz CT molecular complexity index is 857. The van der Waals surface area contributed by atoms with Gasteiger partial charge in [-0.25, -0.2) is 5.01 Å². The highest BCUT2D eigenvalue weighted by atomic mass is 32.2. The molecule has 3 amide bonds. The molecule has 0 N–H and O–H groups in total. The third-order valence-electron chi connectivity index (χ3n) is 5.11. The van der Waals surface area contributed by atoms with Crippen molar-refractivity contribution in [3.05, 3.63) is 71.8 Å². The van der Waals surface area contributed by atoms with Crippen LogP contribution >= 0.6 is 11.8 Å². The number of carbonyl (C=O) groups excluding carboxylic acids is 3. The minimum Gasteiger partial charge on any atom is -0.273 e. The van der Waals surface area contributed by atoms with Crippen molar-refractivity contribution in [3.63, 3.8) is 0 Å². The van der Waals surface area contributed by atoms with Gasteiger partial charge in [0.15, 0.2) is 0 Å². The maximum Gasteiger partial charge on any atom is 0.248 e. The molecule has 6 heteroatoms. The van der Waals surface area contributed by atoms with E-state index in [1.165, 1.54) is 17.5 Å². The standard InChI is InChI=1S/C24H28N2O3S/c1-19(27)25(22(28)16-10-4-7-13-20-11-5-2-6-12-20)26-23(29)17-24(26)30-18-21-14-8-3-9-15-21/h2-3,5-6,8-9,11-12,14-15,24H,4,7,10,13,16-18H2,1H3. The van der Waals surface area contributed by atoms with Crippen molar-refractivity contribution >= 4 is 29.5 Å². The fraction of sp³-hybridized carbons (Fsp3) is 0.375. The average molecular weight is 425 g/mol. The molecule has 1 aliphatic rings. The van der Waals surface area contributed by atoms with Crippen LogP contribution in [0.15, 0.2) is 60.7 Å². The first-order chi connectivity index (χ1) is 14.6. The van der Waals surface area contributed by atoms with Gasteiger partial charge in [-0.2, -0.15) is 5.01 Å². The van der Waals surface area contributed by atoms with Gasteiger partial charge in [-0.1, -0.05) is 67.1 Å². The van der Waals surface area contributed by atoms with Crippen molar-refractivity contribution in [1.29, 1.82) is 0 Å². The molecule has 1 fully saturated rings. The first-order valence-electron chi connectivity index (χ1n) is 10.4. The second-order valence-electron chi connectivity index (χ2n) is 7.46. The summed E-state index contributed by atoms with van der Waals surface area (Å²) in [6, 6.07) is 20.2. The number of amides is 3. The number of hydrazine groups is 1. The molecule has 158 valence electrons. The van der Waals surface area contributed by atoms with Crippen molar-refractivity contribution < 1.29 is 14.4 Å². The van der Waals surface area contributed by atoms with E-state index >= 15 is 0 Å². The Kier molecular flexibility index (Phi) is 8.08. The van der Waals surface area contributed by atoms with Crippen molar-refractivity contribution in [2.75, 3.05) is 0 Å². The molecule has 1 atom stereocenters. The van der Waals surface area contributed by atoms with E-state index in [2.05, 4.69) is 12.1 Å². The number of rotatable bonds is 10. The van der Waals surface area contributed by atoms with Gasteiger partial charge in [0.25, 0.3) is 0 Å². The zero-order chi connectivity index (χ0) is 21.3. The summed E-state index contributed by atoms with van der Waals surface area (Å²) in [7, 11) is 0. The predicted molar refractivity (Wildman–Crippen MR) is 119 cm³/mol. The molecule has 2 aromatic carbocycles. The van der Waals surface area contributed by atoms with Crippen LogP contribution in [-0.4, -0.2) is 33.1 Å². The number of hydrogen-bond donors (Lipinski definition) is 0. The maximum absolute atomic E-state index is 12.7. The highest BCUT2D eigenvalue weighted by Crippen LogP contribution is 2.33. The zero-order valence-electron chi connectivity index (χ0n) is 17.3. The Morgan fingerprint density at radius 1 is 0.967 bits per heavy atom. The van der Waals surface area contributed by atoms with E-state index in [4.69, 9.17) is 0 Å². The molecule has 0 spiro atoms. The van der Waals surface area contributed by atoms with E-state index in [9.17, 15) is 14.4 Å². The highest BCUT2D eigenvalue weighted by molar-refractivity contribution is 7.99. The third kappa shape index (κ3) is 5.95. The zero-order valence-corrected chi connectivity index (χ0v) is 18.1. The minimum atomic E-state index is -0.400. The molecule has 0 aromatic heterocycles. The van der Waals surface area contributed by atoms with Crippen molar-refractivity contribution in [1.82, 2.24) is 10.0 Å². The summed E-state index contributed by atoms with van der Waals surface area (Å²) in [6.45, 7) is 1.35. The summed E-state index contributed by atoms with van der Waals surface area (Å²) in [5.41, 5.74) is 2.44. The molecule has 0 aliphatic carbocycles. The Hall–Kier alpha value is -2.60. The molecule has 0 bridgehead atoms.